The minimum atomic E-state index is -0.244. The first kappa shape index (κ1) is 16.1. The second-order valence-corrected chi connectivity index (χ2v) is 6.15. The fraction of sp³-hybridized carbons (Fsp3) is 0.105. The normalized spacial score (nSPS) is 10.3. The number of amides is 1. The lowest BCUT2D eigenvalue weighted by molar-refractivity contribution is 0.0942. The monoisotopic (exact) mass is 336 g/mol. The molecule has 0 saturated carbocycles. The molecule has 0 atom stereocenters. The van der Waals surface area contributed by atoms with Gasteiger partial charge in [0.1, 0.15) is 0 Å². The number of carbonyl (C=O) groups is 2. The van der Waals surface area contributed by atoms with E-state index in [9.17, 15) is 9.59 Å². The standard InChI is InChI=1S/C19H16N2O2S/c22-18(14-6-2-1-3-7-14)15-8-4-5-9-16(15)19(23)21-11-10-17-20-12-13-24-17/h1-9,12-13H,10-11H2,(H,21,23). The van der Waals surface area contributed by atoms with E-state index in [1.165, 1.54) is 0 Å². The van der Waals surface area contributed by atoms with E-state index in [1.54, 1.807) is 53.9 Å². The van der Waals surface area contributed by atoms with Crippen LogP contribution < -0.4 is 5.32 Å². The summed E-state index contributed by atoms with van der Waals surface area (Å²) in [7, 11) is 0. The number of nitrogens with one attached hydrogen (secondary N) is 1. The highest BCUT2D eigenvalue weighted by Gasteiger charge is 2.17. The minimum Gasteiger partial charge on any atom is -0.352 e. The van der Waals surface area contributed by atoms with E-state index in [0.717, 1.165) is 5.01 Å². The first-order chi connectivity index (χ1) is 11.8. The quantitative estimate of drug-likeness (QED) is 0.702. The maximum absolute atomic E-state index is 12.6. The van der Waals surface area contributed by atoms with Gasteiger partial charge in [0, 0.05) is 35.7 Å². The van der Waals surface area contributed by atoms with Crippen LogP contribution in [0.15, 0.2) is 66.2 Å². The number of hydrogen-bond acceptors (Lipinski definition) is 4. The van der Waals surface area contributed by atoms with E-state index >= 15 is 0 Å². The summed E-state index contributed by atoms with van der Waals surface area (Å²) in [6.45, 7) is 0.486. The molecular weight excluding hydrogens is 320 g/mol. The molecule has 3 rings (SSSR count). The zero-order valence-corrected chi connectivity index (χ0v) is 13.8. The van der Waals surface area contributed by atoms with Crippen molar-refractivity contribution >= 4 is 23.0 Å². The van der Waals surface area contributed by atoms with Gasteiger partial charge < -0.3 is 5.32 Å². The summed E-state index contributed by atoms with van der Waals surface area (Å²) in [4.78, 5) is 29.3. The van der Waals surface area contributed by atoms with Crippen LogP contribution >= 0.6 is 11.3 Å². The Bertz CT molecular complexity index is 830. The smallest absolute Gasteiger partial charge is 0.252 e. The van der Waals surface area contributed by atoms with Gasteiger partial charge in [0.05, 0.1) is 10.6 Å². The third kappa shape index (κ3) is 3.75. The molecule has 1 aromatic heterocycles. The molecule has 4 nitrogen and oxygen atoms in total. The average Bonchev–Trinajstić information content (AvgIpc) is 3.15. The van der Waals surface area contributed by atoms with E-state index in [4.69, 9.17) is 0 Å². The molecule has 0 radical (unpaired) electrons. The van der Waals surface area contributed by atoms with Crippen LogP contribution in [0.4, 0.5) is 0 Å². The first-order valence-electron chi connectivity index (χ1n) is 7.61. The number of ketones is 1. The molecule has 0 saturated heterocycles. The molecule has 3 aromatic rings. The highest BCUT2D eigenvalue weighted by atomic mass is 32.1. The zero-order valence-electron chi connectivity index (χ0n) is 12.9. The molecule has 0 unspecified atom stereocenters. The summed E-state index contributed by atoms with van der Waals surface area (Å²) in [5.74, 6) is -0.396. The summed E-state index contributed by atoms with van der Waals surface area (Å²) < 4.78 is 0. The lowest BCUT2D eigenvalue weighted by atomic mass is 9.98. The van der Waals surface area contributed by atoms with Crippen LogP contribution in [0.5, 0.6) is 0 Å². The van der Waals surface area contributed by atoms with Crippen molar-refractivity contribution in [3.8, 4) is 0 Å². The van der Waals surface area contributed by atoms with E-state index in [-0.39, 0.29) is 11.7 Å². The molecule has 0 bridgehead atoms. The number of thiazole rings is 1. The average molecular weight is 336 g/mol. The van der Waals surface area contributed by atoms with E-state index in [2.05, 4.69) is 10.3 Å². The van der Waals surface area contributed by atoms with Crippen molar-refractivity contribution in [1.82, 2.24) is 10.3 Å². The third-order valence-corrected chi connectivity index (χ3v) is 4.40. The predicted octanol–water partition coefficient (Wildman–Crippen LogP) is 3.35. The molecule has 5 heteroatoms. The lowest BCUT2D eigenvalue weighted by Gasteiger charge is -2.09. The van der Waals surface area contributed by atoms with Crippen molar-refractivity contribution in [3.63, 3.8) is 0 Å². The Morgan fingerprint density at radius 2 is 1.67 bits per heavy atom. The zero-order chi connectivity index (χ0) is 16.8. The molecule has 120 valence electrons. The van der Waals surface area contributed by atoms with Gasteiger partial charge in [-0.05, 0) is 6.07 Å². The van der Waals surface area contributed by atoms with Crippen LogP contribution in [0.25, 0.3) is 0 Å². The van der Waals surface area contributed by atoms with Crippen molar-refractivity contribution in [2.45, 2.75) is 6.42 Å². The Hall–Kier alpha value is -2.79. The molecule has 2 aromatic carbocycles. The summed E-state index contributed by atoms with van der Waals surface area (Å²) >= 11 is 1.56. The second-order valence-electron chi connectivity index (χ2n) is 5.17. The Morgan fingerprint density at radius 1 is 0.958 bits per heavy atom. The second kappa shape index (κ2) is 7.66. The van der Waals surface area contributed by atoms with Gasteiger partial charge in [0.25, 0.3) is 5.91 Å². The van der Waals surface area contributed by atoms with Crippen molar-refractivity contribution in [3.05, 3.63) is 87.9 Å². The molecule has 1 heterocycles. The number of hydrogen-bond donors (Lipinski definition) is 1. The molecule has 1 amide bonds. The molecule has 1 N–H and O–H groups in total. The number of aromatic nitrogens is 1. The highest BCUT2D eigenvalue weighted by molar-refractivity contribution is 7.09. The van der Waals surface area contributed by atoms with E-state index in [0.29, 0.717) is 29.7 Å². The lowest BCUT2D eigenvalue weighted by Crippen LogP contribution is -2.27. The minimum absolute atomic E-state index is 0.152. The van der Waals surface area contributed by atoms with Gasteiger partial charge in [0.15, 0.2) is 5.78 Å². The summed E-state index contributed by atoms with van der Waals surface area (Å²) in [6, 6.07) is 15.9. The SMILES string of the molecule is O=C(NCCc1nccs1)c1ccccc1C(=O)c1ccccc1. The maximum atomic E-state index is 12.6. The van der Waals surface area contributed by atoms with Gasteiger partial charge in [0.2, 0.25) is 0 Å². The fourth-order valence-electron chi connectivity index (χ4n) is 2.38. The van der Waals surface area contributed by atoms with Crippen LogP contribution in [0.3, 0.4) is 0 Å². The molecule has 24 heavy (non-hydrogen) atoms. The third-order valence-electron chi connectivity index (χ3n) is 3.56. The van der Waals surface area contributed by atoms with Crippen molar-refractivity contribution in [2.24, 2.45) is 0 Å². The Morgan fingerprint density at radius 3 is 2.38 bits per heavy atom. The summed E-state index contributed by atoms with van der Waals surface area (Å²) in [5, 5.41) is 5.74. The molecule has 0 spiro atoms. The Balaban J connectivity index is 1.73. The van der Waals surface area contributed by atoms with Crippen LogP contribution in [0, 0.1) is 0 Å². The van der Waals surface area contributed by atoms with Gasteiger partial charge in [-0.2, -0.15) is 0 Å². The summed E-state index contributed by atoms with van der Waals surface area (Å²) in [5.41, 5.74) is 1.38. The van der Waals surface area contributed by atoms with Crippen LogP contribution in [0.1, 0.15) is 31.3 Å². The fourth-order valence-corrected chi connectivity index (χ4v) is 3.00. The number of carbonyl (C=O) groups excluding carboxylic acids is 2. The largest absolute Gasteiger partial charge is 0.352 e. The number of benzene rings is 2. The van der Waals surface area contributed by atoms with Gasteiger partial charge in [-0.15, -0.1) is 11.3 Å². The molecule has 0 aliphatic rings. The van der Waals surface area contributed by atoms with Crippen molar-refractivity contribution in [2.75, 3.05) is 6.54 Å². The van der Waals surface area contributed by atoms with E-state index < -0.39 is 0 Å². The van der Waals surface area contributed by atoms with Crippen molar-refractivity contribution in [1.29, 1.82) is 0 Å². The summed E-state index contributed by atoms with van der Waals surface area (Å²) in [6.07, 6.45) is 2.42. The van der Waals surface area contributed by atoms with Gasteiger partial charge in [-0.3, -0.25) is 9.59 Å². The molecule has 0 aliphatic carbocycles. The van der Waals surface area contributed by atoms with Gasteiger partial charge in [-0.25, -0.2) is 4.98 Å². The van der Waals surface area contributed by atoms with Gasteiger partial charge in [-0.1, -0.05) is 48.5 Å². The van der Waals surface area contributed by atoms with E-state index in [1.807, 2.05) is 23.6 Å². The first-order valence-corrected chi connectivity index (χ1v) is 8.49. The van der Waals surface area contributed by atoms with Crippen molar-refractivity contribution < 1.29 is 9.59 Å². The Kier molecular flexibility index (Phi) is 5.13. The molecule has 0 fully saturated rings. The highest BCUT2D eigenvalue weighted by Crippen LogP contribution is 2.15. The number of nitrogens with zero attached hydrogens (tertiary/aromatic N) is 1. The van der Waals surface area contributed by atoms with Crippen LogP contribution in [-0.2, 0) is 6.42 Å². The van der Waals surface area contributed by atoms with Crippen LogP contribution in [-0.4, -0.2) is 23.2 Å². The molecule has 0 aliphatic heterocycles. The predicted molar refractivity (Wildman–Crippen MR) is 94.5 cm³/mol. The number of rotatable bonds is 6. The topological polar surface area (TPSA) is 59.1 Å². The van der Waals surface area contributed by atoms with Crippen LogP contribution in [0.2, 0.25) is 0 Å². The maximum Gasteiger partial charge on any atom is 0.252 e. The molecular formula is C19H16N2O2S. The Labute approximate surface area is 144 Å². The van der Waals surface area contributed by atoms with Gasteiger partial charge >= 0.3 is 0 Å².